The zero-order valence-corrected chi connectivity index (χ0v) is 29.5. The van der Waals surface area contributed by atoms with Gasteiger partial charge in [-0.15, -0.1) is 0 Å². The van der Waals surface area contributed by atoms with Gasteiger partial charge in [0.2, 0.25) is 0 Å². The predicted molar refractivity (Wildman–Crippen MR) is 191 cm³/mol. The van der Waals surface area contributed by atoms with Crippen molar-refractivity contribution >= 4 is 22.9 Å². The summed E-state index contributed by atoms with van der Waals surface area (Å²) < 4.78 is 25.1. The Morgan fingerprint density at radius 1 is 0.900 bits per heavy atom. The molecule has 0 radical (unpaired) electrons. The molecule has 8 heteroatoms. The van der Waals surface area contributed by atoms with Crippen molar-refractivity contribution < 1.29 is 33.3 Å². The number of aryl methyl sites for hydroxylation is 2. The number of hydrogen-bond acceptors (Lipinski definition) is 8. The molecule has 4 aromatic rings. The Morgan fingerprint density at radius 2 is 1.62 bits per heavy atom. The van der Waals surface area contributed by atoms with E-state index in [1.807, 2.05) is 38.1 Å². The van der Waals surface area contributed by atoms with E-state index in [0.29, 0.717) is 52.7 Å². The van der Waals surface area contributed by atoms with Crippen LogP contribution < -0.4 is 10.4 Å². The summed E-state index contributed by atoms with van der Waals surface area (Å²) in [5.41, 5.74) is 3.65. The van der Waals surface area contributed by atoms with Gasteiger partial charge in [0.25, 0.3) is 0 Å². The van der Waals surface area contributed by atoms with E-state index in [0.717, 1.165) is 24.0 Å². The van der Waals surface area contributed by atoms with E-state index < -0.39 is 35.4 Å². The van der Waals surface area contributed by atoms with Gasteiger partial charge in [-0.2, -0.15) is 0 Å². The topological polar surface area (TPSA) is 112 Å². The first-order valence-corrected chi connectivity index (χ1v) is 17.5. The summed E-state index contributed by atoms with van der Waals surface area (Å²) in [5, 5.41) is 10.7. The standard InChI is InChI=1S/C42H46O8/c1-25(2)33-23-31-18-20-34-36(37(31)48-41(33)46)38-39(42(4,5)50-34)49-40(45)32(26(3)24-43)19-17-28-11-14-29(15-12-28)21-30(22-35(44)47-38)16-13-27-9-7-6-8-10-27/h6-12,14-15,18,20,23,25,30,38-39,43H,13,16-17,19,21-22,24H2,1-5H3. The highest BCUT2D eigenvalue weighted by Crippen LogP contribution is 2.47. The molecule has 3 unspecified atom stereocenters. The fraction of sp³-hybridized carbons (Fsp3) is 0.405. The molecule has 0 saturated heterocycles. The summed E-state index contributed by atoms with van der Waals surface area (Å²) in [6.45, 7) is 8.79. The number of ether oxygens (including phenoxy) is 3. The van der Waals surface area contributed by atoms with Crippen LogP contribution in [0.15, 0.2) is 93.2 Å². The SMILES string of the molecule is CC(CO)=C1CCc2ccc(cc2)CC(CCc2ccccc2)CC(=O)OC2c3c(ccc4cc(C(C)C)c(=O)oc34)OC(C)(C)C2OC1=O. The lowest BCUT2D eigenvalue weighted by Crippen LogP contribution is -2.52. The quantitative estimate of drug-likeness (QED) is 0.130. The van der Waals surface area contributed by atoms with E-state index in [9.17, 15) is 19.5 Å². The van der Waals surface area contributed by atoms with E-state index in [-0.39, 0.29) is 30.4 Å². The van der Waals surface area contributed by atoms with Crippen molar-refractivity contribution in [2.24, 2.45) is 5.92 Å². The van der Waals surface area contributed by atoms with Gasteiger partial charge in [-0.25, -0.2) is 9.59 Å². The molecule has 262 valence electrons. The second-order valence-electron chi connectivity index (χ2n) is 14.5. The number of esters is 2. The van der Waals surface area contributed by atoms with Crippen molar-refractivity contribution in [3.05, 3.63) is 122 Å². The zero-order chi connectivity index (χ0) is 35.6. The average molecular weight is 679 g/mol. The zero-order valence-electron chi connectivity index (χ0n) is 29.5. The largest absolute Gasteiger partial charge is 0.483 e. The van der Waals surface area contributed by atoms with E-state index >= 15 is 0 Å². The third kappa shape index (κ3) is 7.55. The molecule has 7 rings (SSSR count). The molecule has 2 bridgehead atoms. The van der Waals surface area contributed by atoms with Crippen LogP contribution in [0.3, 0.4) is 0 Å². The molecule has 0 aliphatic carbocycles. The van der Waals surface area contributed by atoms with Gasteiger partial charge in [0.05, 0.1) is 12.2 Å². The van der Waals surface area contributed by atoms with Gasteiger partial charge in [0.15, 0.2) is 12.2 Å². The number of carbonyl (C=O) groups excluding carboxylic acids is 2. The number of aliphatic hydroxyl groups is 1. The minimum absolute atomic E-state index is 0.0319. The smallest absolute Gasteiger partial charge is 0.339 e. The van der Waals surface area contributed by atoms with E-state index in [4.69, 9.17) is 18.6 Å². The van der Waals surface area contributed by atoms with E-state index in [2.05, 4.69) is 36.4 Å². The van der Waals surface area contributed by atoms with Crippen molar-refractivity contribution in [3.8, 4) is 5.75 Å². The van der Waals surface area contributed by atoms with Crippen molar-refractivity contribution in [1.29, 1.82) is 0 Å². The van der Waals surface area contributed by atoms with Crippen molar-refractivity contribution in [1.82, 2.24) is 0 Å². The second-order valence-corrected chi connectivity index (χ2v) is 14.5. The van der Waals surface area contributed by atoms with Gasteiger partial charge < -0.3 is 23.7 Å². The highest BCUT2D eigenvalue weighted by Gasteiger charge is 2.50. The van der Waals surface area contributed by atoms with Crippen molar-refractivity contribution in [3.63, 3.8) is 0 Å². The Morgan fingerprint density at radius 3 is 2.32 bits per heavy atom. The summed E-state index contributed by atoms with van der Waals surface area (Å²) in [6.07, 6.45) is 1.04. The number of aliphatic hydroxyl groups excluding tert-OH is 1. The van der Waals surface area contributed by atoms with Gasteiger partial charge in [0.1, 0.15) is 16.9 Å². The Hall–Kier alpha value is -4.69. The van der Waals surface area contributed by atoms with Gasteiger partial charge >= 0.3 is 17.6 Å². The Kier molecular flexibility index (Phi) is 10.3. The van der Waals surface area contributed by atoms with E-state index in [1.165, 1.54) is 5.56 Å². The molecule has 0 saturated carbocycles. The molecule has 3 aliphatic heterocycles. The van der Waals surface area contributed by atoms with Crippen LogP contribution in [-0.2, 0) is 38.3 Å². The monoisotopic (exact) mass is 678 g/mol. The molecule has 8 nitrogen and oxygen atoms in total. The maximum atomic E-state index is 14.1. The summed E-state index contributed by atoms with van der Waals surface area (Å²) >= 11 is 0. The number of rotatable bonds is 5. The van der Waals surface area contributed by atoms with Crippen molar-refractivity contribution in [2.45, 2.75) is 96.9 Å². The minimum Gasteiger partial charge on any atom is -0.483 e. The van der Waals surface area contributed by atoms with Gasteiger partial charge in [-0.1, -0.05) is 68.4 Å². The molecule has 1 N–H and O–H groups in total. The molecule has 0 fully saturated rings. The van der Waals surface area contributed by atoms with Crippen LogP contribution >= 0.6 is 0 Å². The molecule has 3 aromatic carbocycles. The fourth-order valence-corrected chi connectivity index (χ4v) is 7.08. The number of fused-ring (bicyclic) bond motifs is 13. The molecule has 3 atom stereocenters. The molecular formula is C42H46O8. The van der Waals surface area contributed by atoms with Crippen molar-refractivity contribution in [2.75, 3.05) is 6.61 Å². The van der Waals surface area contributed by atoms with Crippen LogP contribution in [0, 0.1) is 5.92 Å². The summed E-state index contributed by atoms with van der Waals surface area (Å²) in [5.74, 6) is -0.807. The van der Waals surface area contributed by atoms with Crippen LogP contribution in [0.1, 0.15) is 93.7 Å². The minimum atomic E-state index is -1.15. The summed E-state index contributed by atoms with van der Waals surface area (Å²) in [7, 11) is 0. The number of carbonyl (C=O) groups is 2. The lowest BCUT2D eigenvalue weighted by atomic mass is 9.86. The first-order chi connectivity index (χ1) is 23.9. The highest BCUT2D eigenvalue weighted by molar-refractivity contribution is 5.90. The van der Waals surface area contributed by atoms with Gasteiger partial charge in [-0.05, 0) is 105 Å². The molecule has 0 spiro atoms. The van der Waals surface area contributed by atoms with Crippen LogP contribution in [-0.4, -0.2) is 35.4 Å². The number of benzene rings is 3. The third-order valence-electron chi connectivity index (χ3n) is 10.0. The van der Waals surface area contributed by atoms with Gasteiger partial charge in [-0.3, -0.25) is 4.79 Å². The molecule has 0 amide bonds. The van der Waals surface area contributed by atoms with Crippen LogP contribution in [0.2, 0.25) is 0 Å². The first-order valence-electron chi connectivity index (χ1n) is 17.5. The maximum Gasteiger partial charge on any atom is 0.339 e. The first kappa shape index (κ1) is 35.1. The predicted octanol–water partition coefficient (Wildman–Crippen LogP) is 7.72. The molecule has 50 heavy (non-hydrogen) atoms. The summed E-state index contributed by atoms with van der Waals surface area (Å²) in [4.78, 5) is 41.4. The highest BCUT2D eigenvalue weighted by atomic mass is 16.6. The van der Waals surface area contributed by atoms with Gasteiger partial charge in [0, 0.05) is 22.9 Å². The molecule has 1 aromatic heterocycles. The average Bonchev–Trinajstić information content (AvgIpc) is 3.08. The Labute approximate surface area is 293 Å². The summed E-state index contributed by atoms with van der Waals surface area (Å²) in [6, 6.07) is 23.9. The second kappa shape index (κ2) is 14.7. The van der Waals surface area contributed by atoms with Crippen LogP contribution in [0.4, 0.5) is 0 Å². The third-order valence-corrected chi connectivity index (χ3v) is 10.0. The molecule has 4 heterocycles. The Balaban J connectivity index is 1.46. The Bertz CT molecular complexity index is 1950. The number of hydrogen-bond donors (Lipinski definition) is 1. The van der Waals surface area contributed by atoms with Crippen LogP contribution in [0.25, 0.3) is 11.0 Å². The lowest BCUT2D eigenvalue weighted by Gasteiger charge is -2.43. The van der Waals surface area contributed by atoms with Crippen LogP contribution in [0.5, 0.6) is 5.75 Å². The maximum absolute atomic E-state index is 14.1. The molecular weight excluding hydrogens is 632 g/mol. The fourth-order valence-electron chi connectivity index (χ4n) is 7.08. The normalized spacial score (nSPS) is 21.9. The lowest BCUT2D eigenvalue weighted by molar-refractivity contribution is -0.188. The van der Waals surface area contributed by atoms with E-state index in [1.54, 1.807) is 32.9 Å². The molecule has 3 aliphatic rings.